The van der Waals surface area contributed by atoms with Gasteiger partial charge in [-0.1, -0.05) is 42.5 Å². The summed E-state index contributed by atoms with van der Waals surface area (Å²) in [5, 5.41) is 5.76. The zero-order valence-electron chi connectivity index (χ0n) is 13.9. The fourth-order valence-corrected chi connectivity index (χ4v) is 3.32. The van der Waals surface area contributed by atoms with Crippen molar-refractivity contribution in [3.05, 3.63) is 77.4 Å². The van der Waals surface area contributed by atoms with Crippen LogP contribution in [-0.2, 0) is 0 Å². The minimum Gasteiger partial charge on any atom is -0.296 e. The molecule has 1 amide bonds. The molecule has 2 aromatic carbocycles. The van der Waals surface area contributed by atoms with E-state index in [1.54, 1.807) is 35.8 Å². The molecule has 7 heteroatoms. The molecule has 134 valence electrons. The summed E-state index contributed by atoms with van der Waals surface area (Å²) in [7, 11) is 0. The van der Waals surface area contributed by atoms with E-state index >= 15 is 0 Å². The van der Waals surface area contributed by atoms with Crippen molar-refractivity contribution in [2.24, 2.45) is 0 Å². The second kappa shape index (κ2) is 7.20. The van der Waals surface area contributed by atoms with E-state index in [4.69, 9.17) is 0 Å². The highest BCUT2D eigenvalue weighted by Gasteiger charge is 2.14. The highest BCUT2D eigenvalue weighted by molar-refractivity contribution is 7.13. The maximum absolute atomic E-state index is 13.1. The van der Waals surface area contributed by atoms with Crippen LogP contribution in [0.25, 0.3) is 22.0 Å². The Labute approximate surface area is 157 Å². The molecular formula is C20H13F2N3OS. The van der Waals surface area contributed by atoms with Crippen molar-refractivity contribution < 1.29 is 13.6 Å². The number of halogens is 2. The Balaban J connectivity index is 1.78. The van der Waals surface area contributed by atoms with E-state index in [0.717, 1.165) is 5.39 Å². The molecule has 0 saturated heterocycles. The Hall–Kier alpha value is -3.19. The van der Waals surface area contributed by atoms with E-state index in [1.807, 2.05) is 18.2 Å². The Bertz CT molecular complexity index is 1110. The molecule has 0 bridgehead atoms. The lowest BCUT2D eigenvalue weighted by Crippen LogP contribution is -2.13. The number of aromatic nitrogens is 2. The van der Waals surface area contributed by atoms with Crippen molar-refractivity contribution in [2.75, 3.05) is 5.32 Å². The average molecular weight is 381 g/mol. The number of carbonyl (C=O) groups excluding carboxylic acids is 1. The smallest absolute Gasteiger partial charge is 0.276 e. The molecule has 0 unspecified atom stereocenters. The largest absolute Gasteiger partial charge is 0.296 e. The summed E-state index contributed by atoms with van der Waals surface area (Å²) in [6.45, 7) is 0. The molecule has 27 heavy (non-hydrogen) atoms. The van der Waals surface area contributed by atoms with Gasteiger partial charge < -0.3 is 0 Å². The first-order valence-electron chi connectivity index (χ1n) is 8.11. The van der Waals surface area contributed by atoms with Gasteiger partial charge in [0, 0.05) is 28.1 Å². The lowest BCUT2D eigenvalue weighted by molar-refractivity contribution is 0.102. The Morgan fingerprint density at radius 3 is 2.70 bits per heavy atom. The van der Waals surface area contributed by atoms with Gasteiger partial charge >= 0.3 is 0 Å². The molecule has 2 heterocycles. The van der Waals surface area contributed by atoms with Gasteiger partial charge in [0.05, 0.1) is 5.52 Å². The van der Waals surface area contributed by atoms with Crippen molar-refractivity contribution in [2.45, 2.75) is 6.43 Å². The van der Waals surface area contributed by atoms with Crippen LogP contribution in [0.2, 0.25) is 0 Å². The lowest BCUT2D eigenvalue weighted by Gasteiger charge is -2.09. The Morgan fingerprint density at radius 2 is 1.93 bits per heavy atom. The molecular weight excluding hydrogens is 368 g/mol. The molecule has 4 rings (SSSR count). The van der Waals surface area contributed by atoms with E-state index in [-0.39, 0.29) is 17.2 Å². The zero-order valence-corrected chi connectivity index (χ0v) is 14.7. The van der Waals surface area contributed by atoms with Gasteiger partial charge in [-0.05, 0) is 17.7 Å². The van der Waals surface area contributed by atoms with Crippen molar-refractivity contribution in [3.8, 4) is 11.1 Å². The number of amides is 1. The molecule has 0 atom stereocenters. The predicted molar refractivity (Wildman–Crippen MR) is 102 cm³/mol. The number of fused-ring (bicyclic) bond motifs is 1. The minimum absolute atomic E-state index is 0.0535. The zero-order chi connectivity index (χ0) is 18.8. The fourth-order valence-electron chi connectivity index (χ4n) is 2.79. The fraction of sp³-hybridized carbons (Fsp3) is 0.0500. The molecule has 0 saturated carbocycles. The minimum atomic E-state index is -2.55. The van der Waals surface area contributed by atoms with Gasteiger partial charge in [-0.25, -0.2) is 18.7 Å². The van der Waals surface area contributed by atoms with Crippen molar-refractivity contribution in [1.82, 2.24) is 9.97 Å². The molecule has 0 spiro atoms. The molecule has 1 N–H and O–H groups in total. The van der Waals surface area contributed by atoms with Crippen LogP contribution >= 0.6 is 11.3 Å². The number of hydrogen-bond donors (Lipinski definition) is 1. The number of rotatable bonds is 4. The first-order chi connectivity index (χ1) is 13.1. The van der Waals surface area contributed by atoms with E-state index in [0.29, 0.717) is 21.8 Å². The highest BCUT2D eigenvalue weighted by Crippen LogP contribution is 2.30. The number of para-hydroxylation sites is 1. The number of alkyl halides is 2. The number of thiazole rings is 1. The van der Waals surface area contributed by atoms with Crippen LogP contribution in [0.4, 0.5) is 13.9 Å². The SMILES string of the molecule is O=C(Nc1nccs1)c1ccc2cccc(-c3cccc(C(F)F)c3)c2n1. The summed E-state index contributed by atoms with van der Waals surface area (Å²) in [4.78, 5) is 20.9. The van der Waals surface area contributed by atoms with Gasteiger partial charge in [-0.2, -0.15) is 0 Å². The van der Waals surface area contributed by atoms with Crippen LogP contribution in [0.1, 0.15) is 22.5 Å². The first kappa shape index (κ1) is 17.2. The number of hydrogen-bond acceptors (Lipinski definition) is 4. The molecule has 0 aliphatic carbocycles. The topological polar surface area (TPSA) is 54.9 Å². The first-order valence-corrected chi connectivity index (χ1v) is 8.99. The number of benzene rings is 2. The Kier molecular flexibility index (Phi) is 4.60. The third-order valence-corrected chi connectivity index (χ3v) is 4.74. The van der Waals surface area contributed by atoms with Crippen LogP contribution in [0, 0.1) is 0 Å². The standard InChI is InChI=1S/C20H13F2N3OS/c21-18(22)14-5-1-4-13(11-14)15-6-2-3-12-7-8-16(24-17(12)15)19(26)25-20-23-9-10-27-20/h1-11,18H,(H,23,25,26). The molecule has 0 aliphatic rings. The third kappa shape index (κ3) is 3.54. The molecule has 0 radical (unpaired) electrons. The van der Waals surface area contributed by atoms with Crippen molar-refractivity contribution >= 4 is 33.3 Å². The Morgan fingerprint density at radius 1 is 1.07 bits per heavy atom. The maximum Gasteiger partial charge on any atom is 0.276 e. The number of nitrogens with zero attached hydrogens (tertiary/aromatic N) is 2. The number of anilines is 1. The predicted octanol–water partition coefficient (Wildman–Crippen LogP) is 5.55. The molecule has 4 nitrogen and oxygen atoms in total. The van der Waals surface area contributed by atoms with Gasteiger partial charge in [0.1, 0.15) is 5.69 Å². The highest BCUT2D eigenvalue weighted by atomic mass is 32.1. The van der Waals surface area contributed by atoms with Crippen LogP contribution in [-0.4, -0.2) is 15.9 Å². The quantitative estimate of drug-likeness (QED) is 0.504. The lowest BCUT2D eigenvalue weighted by atomic mass is 10.00. The van der Waals surface area contributed by atoms with Gasteiger partial charge in [0.2, 0.25) is 0 Å². The molecule has 2 aromatic heterocycles. The molecule has 4 aromatic rings. The van der Waals surface area contributed by atoms with E-state index in [9.17, 15) is 13.6 Å². The van der Waals surface area contributed by atoms with Crippen LogP contribution in [0.5, 0.6) is 0 Å². The normalized spacial score (nSPS) is 11.1. The second-order valence-corrected chi connectivity index (χ2v) is 6.69. The number of nitrogens with one attached hydrogen (secondary N) is 1. The van der Waals surface area contributed by atoms with Gasteiger partial charge in [-0.3, -0.25) is 10.1 Å². The number of pyridine rings is 1. The summed E-state index contributed by atoms with van der Waals surface area (Å²) < 4.78 is 26.1. The second-order valence-electron chi connectivity index (χ2n) is 5.79. The van der Waals surface area contributed by atoms with Crippen molar-refractivity contribution in [3.63, 3.8) is 0 Å². The molecule has 0 fully saturated rings. The summed E-state index contributed by atoms with van der Waals surface area (Å²) >= 11 is 1.31. The number of carbonyl (C=O) groups is 1. The van der Waals surface area contributed by atoms with Crippen LogP contribution in [0.3, 0.4) is 0 Å². The summed E-state index contributed by atoms with van der Waals surface area (Å²) in [6.07, 6.45) is -0.949. The summed E-state index contributed by atoms with van der Waals surface area (Å²) in [5.41, 5.74) is 2.08. The van der Waals surface area contributed by atoms with E-state index in [1.165, 1.54) is 23.5 Å². The summed E-state index contributed by atoms with van der Waals surface area (Å²) in [6, 6.07) is 15.1. The maximum atomic E-state index is 13.1. The van der Waals surface area contributed by atoms with Gasteiger partial charge in [0.25, 0.3) is 12.3 Å². The summed E-state index contributed by atoms with van der Waals surface area (Å²) in [5.74, 6) is -0.372. The third-order valence-electron chi connectivity index (χ3n) is 4.06. The average Bonchev–Trinajstić information content (AvgIpc) is 3.20. The van der Waals surface area contributed by atoms with E-state index in [2.05, 4.69) is 15.3 Å². The van der Waals surface area contributed by atoms with Crippen LogP contribution in [0.15, 0.2) is 66.2 Å². The molecule has 0 aliphatic heterocycles. The monoisotopic (exact) mass is 381 g/mol. The van der Waals surface area contributed by atoms with Crippen molar-refractivity contribution in [1.29, 1.82) is 0 Å². The van der Waals surface area contributed by atoms with E-state index < -0.39 is 6.43 Å². The van der Waals surface area contributed by atoms with Gasteiger partial charge in [0.15, 0.2) is 5.13 Å². The van der Waals surface area contributed by atoms with Crippen LogP contribution < -0.4 is 5.32 Å². The van der Waals surface area contributed by atoms with Gasteiger partial charge in [-0.15, -0.1) is 11.3 Å².